The number of carbonyl (C=O) groups is 2. The van der Waals surface area contributed by atoms with Crippen LogP contribution in [-0.4, -0.2) is 60.0 Å². The average Bonchev–Trinajstić information content (AvgIpc) is 3.07. The topological polar surface area (TPSA) is 49.9 Å². The number of hydrogen-bond acceptors (Lipinski definition) is 4. The fourth-order valence-corrected chi connectivity index (χ4v) is 4.19. The van der Waals surface area contributed by atoms with E-state index in [1.54, 1.807) is 0 Å². The van der Waals surface area contributed by atoms with Crippen molar-refractivity contribution in [2.75, 3.05) is 26.2 Å². The van der Waals surface area contributed by atoms with Crippen LogP contribution < -0.4 is 0 Å². The van der Waals surface area contributed by atoms with E-state index >= 15 is 0 Å². The zero-order chi connectivity index (χ0) is 16.4. The van der Waals surface area contributed by atoms with Crippen molar-refractivity contribution in [1.82, 2.24) is 9.80 Å². The van der Waals surface area contributed by atoms with Crippen LogP contribution in [0.4, 0.5) is 0 Å². The van der Waals surface area contributed by atoms with Crippen molar-refractivity contribution in [2.45, 2.75) is 38.9 Å². The third-order valence-corrected chi connectivity index (χ3v) is 5.45. The molecular formula is C17H24N2O3S. The number of likely N-dealkylation sites (tertiary alicyclic amines) is 1. The quantitative estimate of drug-likeness (QED) is 0.832. The van der Waals surface area contributed by atoms with Crippen LogP contribution in [0.1, 0.15) is 36.4 Å². The minimum atomic E-state index is 0.0416. The Morgan fingerprint density at radius 1 is 1.13 bits per heavy atom. The Morgan fingerprint density at radius 2 is 1.78 bits per heavy atom. The predicted molar refractivity (Wildman–Crippen MR) is 89.5 cm³/mol. The van der Waals surface area contributed by atoms with Gasteiger partial charge in [0.15, 0.2) is 0 Å². The summed E-state index contributed by atoms with van der Waals surface area (Å²) in [6, 6.07) is 3.76. The summed E-state index contributed by atoms with van der Waals surface area (Å²) in [7, 11) is 0. The fourth-order valence-electron chi connectivity index (χ4n) is 3.50. The maximum atomic E-state index is 12.7. The van der Waals surface area contributed by atoms with Crippen LogP contribution in [-0.2, 0) is 9.53 Å². The highest BCUT2D eigenvalue weighted by atomic mass is 32.1. The lowest BCUT2D eigenvalue weighted by Gasteiger charge is -2.39. The molecule has 2 aliphatic rings. The van der Waals surface area contributed by atoms with E-state index in [4.69, 9.17) is 4.74 Å². The van der Waals surface area contributed by atoms with Gasteiger partial charge < -0.3 is 14.5 Å². The van der Waals surface area contributed by atoms with E-state index < -0.39 is 0 Å². The second-order valence-electron chi connectivity index (χ2n) is 6.54. The van der Waals surface area contributed by atoms with Crippen molar-refractivity contribution in [3.8, 4) is 0 Å². The molecule has 3 heterocycles. The van der Waals surface area contributed by atoms with Gasteiger partial charge in [-0.3, -0.25) is 9.59 Å². The van der Waals surface area contributed by atoms with Crippen molar-refractivity contribution >= 4 is 23.2 Å². The minimum absolute atomic E-state index is 0.0416. The number of morpholine rings is 1. The zero-order valence-electron chi connectivity index (χ0n) is 13.7. The van der Waals surface area contributed by atoms with Gasteiger partial charge in [0, 0.05) is 32.1 Å². The monoisotopic (exact) mass is 336 g/mol. The van der Waals surface area contributed by atoms with Crippen molar-refractivity contribution in [2.24, 2.45) is 5.92 Å². The van der Waals surface area contributed by atoms with Crippen LogP contribution in [0, 0.1) is 5.92 Å². The van der Waals surface area contributed by atoms with Gasteiger partial charge in [-0.1, -0.05) is 6.07 Å². The molecule has 2 unspecified atom stereocenters. The van der Waals surface area contributed by atoms with E-state index in [0.717, 1.165) is 17.7 Å². The van der Waals surface area contributed by atoms with E-state index in [2.05, 4.69) is 0 Å². The molecule has 1 aromatic rings. The molecule has 2 fully saturated rings. The maximum absolute atomic E-state index is 12.7. The van der Waals surface area contributed by atoms with Gasteiger partial charge in [-0.25, -0.2) is 0 Å². The van der Waals surface area contributed by atoms with Gasteiger partial charge in [0.2, 0.25) is 5.91 Å². The summed E-state index contributed by atoms with van der Waals surface area (Å²) in [6.45, 7) is 6.72. The van der Waals surface area contributed by atoms with Crippen LogP contribution in [0.2, 0.25) is 0 Å². The van der Waals surface area contributed by atoms with Gasteiger partial charge in [0.25, 0.3) is 5.91 Å². The number of amides is 2. The number of carbonyl (C=O) groups excluding carboxylic acids is 2. The van der Waals surface area contributed by atoms with Crippen LogP contribution in [0.25, 0.3) is 0 Å². The first-order valence-electron chi connectivity index (χ1n) is 8.31. The summed E-state index contributed by atoms with van der Waals surface area (Å²) in [5.74, 6) is 0.370. The Bertz CT molecular complexity index is 542. The highest BCUT2D eigenvalue weighted by molar-refractivity contribution is 7.12. The van der Waals surface area contributed by atoms with Gasteiger partial charge >= 0.3 is 0 Å². The van der Waals surface area contributed by atoms with Crippen LogP contribution >= 0.6 is 11.3 Å². The Labute approximate surface area is 141 Å². The summed E-state index contributed by atoms with van der Waals surface area (Å²) >= 11 is 1.47. The first-order chi connectivity index (χ1) is 11.0. The molecule has 1 aromatic heterocycles. The standard InChI is InChI=1S/C17H24N2O3S/c1-12-10-19(11-13(2)22-12)16(20)14-5-7-18(8-6-14)17(21)15-4-3-9-23-15/h3-4,9,12-14H,5-8,10-11H2,1-2H3. The average molecular weight is 336 g/mol. The molecule has 23 heavy (non-hydrogen) atoms. The molecule has 3 rings (SSSR count). The fraction of sp³-hybridized carbons (Fsp3) is 0.647. The summed E-state index contributed by atoms with van der Waals surface area (Å²) in [5.41, 5.74) is 0. The zero-order valence-corrected chi connectivity index (χ0v) is 14.6. The lowest BCUT2D eigenvalue weighted by atomic mass is 9.94. The molecule has 6 heteroatoms. The highest BCUT2D eigenvalue weighted by Crippen LogP contribution is 2.24. The lowest BCUT2D eigenvalue weighted by molar-refractivity contribution is -0.148. The first kappa shape index (κ1) is 16.5. The van der Waals surface area contributed by atoms with Gasteiger partial charge in [-0.15, -0.1) is 11.3 Å². The van der Waals surface area contributed by atoms with E-state index in [1.807, 2.05) is 41.2 Å². The Morgan fingerprint density at radius 3 is 2.35 bits per heavy atom. The molecule has 5 nitrogen and oxygen atoms in total. The molecule has 2 saturated heterocycles. The van der Waals surface area contributed by atoms with E-state index in [9.17, 15) is 9.59 Å². The maximum Gasteiger partial charge on any atom is 0.263 e. The normalized spacial score (nSPS) is 26.3. The SMILES string of the molecule is CC1CN(C(=O)C2CCN(C(=O)c3cccs3)CC2)CC(C)O1. The van der Waals surface area contributed by atoms with Gasteiger partial charge in [-0.2, -0.15) is 0 Å². The van der Waals surface area contributed by atoms with Gasteiger partial charge in [0.1, 0.15) is 0 Å². The Hall–Kier alpha value is -1.40. The molecule has 0 bridgehead atoms. The van der Waals surface area contributed by atoms with Crippen LogP contribution in [0.3, 0.4) is 0 Å². The van der Waals surface area contributed by atoms with Crippen LogP contribution in [0.5, 0.6) is 0 Å². The summed E-state index contributed by atoms with van der Waals surface area (Å²) in [6.07, 6.45) is 1.72. The number of ether oxygens (including phenoxy) is 1. The predicted octanol–water partition coefficient (Wildman–Crippen LogP) is 2.24. The second-order valence-corrected chi connectivity index (χ2v) is 7.49. The molecule has 2 aliphatic heterocycles. The smallest absolute Gasteiger partial charge is 0.263 e. The third kappa shape index (κ3) is 3.75. The number of nitrogens with zero attached hydrogens (tertiary/aromatic N) is 2. The first-order valence-corrected chi connectivity index (χ1v) is 9.19. The number of hydrogen-bond donors (Lipinski definition) is 0. The lowest BCUT2D eigenvalue weighted by Crippen LogP contribution is -2.51. The van der Waals surface area contributed by atoms with E-state index in [-0.39, 0.29) is 29.9 Å². The number of thiophene rings is 1. The highest BCUT2D eigenvalue weighted by Gasteiger charge is 2.33. The van der Waals surface area contributed by atoms with E-state index in [0.29, 0.717) is 26.2 Å². The molecular weight excluding hydrogens is 312 g/mol. The minimum Gasteiger partial charge on any atom is -0.372 e. The summed E-state index contributed by atoms with van der Waals surface area (Å²) < 4.78 is 5.70. The molecule has 2 amide bonds. The molecule has 126 valence electrons. The molecule has 0 aliphatic carbocycles. The molecule has 0 radical (unpaired) electrons. The van der Waals surface area contributed by atoms with Crippen molar-refractivity contribution in [3.05, 3.63) is 22.4 Å². The second kappa shape index (κ2) is 7.01. The summed E-state index contributed by atoms with van der Waals surface area (Å²) in [5, 5.41) is 1.92. The van der Waals surface area contributed by atoms with Gasteiger partial charge in [-0.05, 0) is 38.1 Å². The molecule has 0 spiro atoms. The largest absolute Gasteiger partial charge is 0.372 e. The van der Waals surface area contributed by atoms with Crippen molar-refractivity contribution < 1.29 is 14.3 Å². The third-order valence-electron chi connectivity index (χ3n) is 4.59. The van der Waals surface area contributed by atoms with Gasteiger partial charge in [0.05, 0.1) is 17.1 Å². The molecule has 0 N–H and O–H groups in total. The van der Waals surface area contributed by atoms with E-state index in [1.165, 1.54) is 11.3 Å². The molecule has 0 aromatic carbocycles. The molecule has 0 saturated carbocycles. The molecule has 2 atom stereocenters. The van der Waals surface area contributed by atoms with Crippen molar-refractivity contribution in [1.29, 1.82) is 0 Å². The summed E-state index contributed by atoms with van der Waals surface area (Å²) in [4.78, 5) is 29.7. The Balaban J connectivity index is 1.54. The van der Waals surface area contributed by atoms with Crippen molar-refractivity contribution in [3.63, 3.8) is 0 Å². The van der Waals surface area contributed by atoms with Crippen LogP contribution in [0.15, 0.2) is 17.5 Å². The number of rotatable bonds is 2. The Kier molecular flexibility index (Phi) is 5.02. The number of piperidine rings is 1.